The first kappa shape index (κ1) is 22.5. The highest BCUT2D eigenvalue weighted by atomic mass is 16.7. The molecule has 0 saturated heterocycles. The Kier molecular flexibility index (Phi) is 6.54. The number of hydrogen-bond acceptors (Lipinski definition) is 7. The number of amides is 1. The molecule has 4 aromatic rings. The summed E-state index contributed by atoms with van der Waals surface area (Å²) >= 11 is 0. The van der Waals surface area contributed by atoms with Crippen molar-refractivity contribution in [3.8, 4) is 11.6 Å². The van der Waals surface area contributed by atoms with Crippen molar-refractivity contribution in [2.45, 2.75) is 13.5 Å². The van der Waals surface area contributed by atoms with Crippen LogP contribution in [0.3, 0.4) is 0 Å². The first-order valence-corrected chi connectivity index (χ1v) is 10.4. The number of anilines is 2. The van der Waals surface area contributed by atoms with E-state index in [-0.39, 0.29) is 11.8 Å². The van der Waals surface area contributed by atoms with Crippen LogP contribution < -0.4 is 20.1 Å². The molecule has 0 aliphatic carbocycles. The summed E-state index contributed by atoms with van der Waals surface area (Å²) in [5.74, 6) is 0.850. The standard InChI is InChI=1S/C25H22N4O5/c1-15-11-17-8-9-18(33-2)12-21(17)28-23(15)29-24(30)19-5-3-4-6-20(19)26-13-16-7-10-22(27-14-16)34-25(31)32/h3-12,14,26H,13H2,1-2H3,(H,31,32)(H,28,29,30). The van der Waals surface area contributed by atoms with E-state index in [0.29, 0.717) is 29.4 Å². The number of fused-ring (bicyclic) bond motifs is 1. The lowest BCUT2D eigenvalue weighted by atomic mass is 10.1. The molecule has 34 heavy (non-hydrogen) atoms. The summed E-state index contributed by atoms with van der Waals surface area (Å²) in [5, 5.41) is 15.7. The van der Waals surface area contributed by atoms with Crippen molar-refractivity contribution in [3.63, 3.8) is 0 Å². The molecule has 9 nitrogen and oxygen atoms in total. The Hall–Kier alpha value is -4.66. The largest absolute Gasteiger partial charge is 0.512 e. The number of methoxy groups -OCH3 is 1. The highest BCUT2D eigenvalue weighted by Crippen LogP contribution is 2.25. The van der Waals surface area contributed by atoms with Crippen molar-refractivity contribution in [3.05, 3.63) is 83.6 Å². The third kappa shape index (κ3) is 5.21. The second-order valence-electron chi connectivity index (χ2n) is 7.44. The number of rotatable bonds is 7. The lowest BCUT2D eigenvalue weighted by Gasteiger charge is -2.14. The maximum atomic E-state index is 13.1. The maximum Gasteiger partial charge on any atom is 0.512 e. The van der Waals surface area contributed by atoms with Gasteiger partial charge >= 0.3 is 6.16 Å². The van der Waals surface area contributed by atoms with Crippen LogP contribution in [0.25, 0.3) is 10.9 Å². The van der Waals surface area contributed by atoms with Crippen LogP contribution in [0.1, 0.15) is 21.5 Å². The number of benzene rings is 2. The summed E-state index contributed by atoms with van der Waals surface area (Å²) < 4.78 is 9.78. The molecule has 0 spiro atoms. The molecule has 0 radical (unpaired) electrons. The average molecular weight is 458 g/mol. The van der Waals surface area contributed by atoms with Crippen LogP contribution in [0.2, 0.25) is 0 Å². The molecule has 0 unspecified atom stereocenters. The van der Waals surface area contributed by atoms with E-state index in [1.54, 1.807) is 31.4 Å². The minimum Gasteiger partial charge on any atom is -0.497 e. The van der Waals surface area contributed by atoms with E-state index in [2.05, 4.69) is 25.3 Å². The predicted molar refractivity (Wildman–Crippen MR) is 128 cm³/mol. The number of nitrogens with one attached hydrogen (secondary N) is 2. The summed E-state index contributed by atoms with van der Waals surface area (Å²) in [7, 11) is 1.59. The molecule has 0 aliphatic rings. The number of para-hydroxylation sites is 1. The molecular weight excluding hydrogens is 436 g/mol. The van der Waals surface area contributed by atoms with Crippen molar-refractivity contribution in [2.75, 3.05) is 17.7 Å². The van der Waals surface area contributed by atoms with Crippen LogP contribution in [-0.2, 0) is 6.54 Å². The third-order valence-corrected chi connectivity index (χ3v) is 5.09. The molecule has 1 amide bonds. The summed E-state index contributed by atoms with van der Waals surface area (Å²) in [4.78, 5) is 32.3. The van der Waals surface area contributed by atoms with Crippen molar-refractivity contribution in [2.24, 2.45) is 0 Å². The second kappa shape index (κ2) is 9.86. The third-order valence-electron chi connectivity index (χ3n) is 5.09. The number of aryl methyl sites for hydroxylation is 1. The zero-order chi connectivity index (χ0) is 24.1. The highest BCUT2D eigenvalue weighted by Gasteiger charge is 2.14. The number of nitrogens with zero attached hydrogens (tertiary/aromatic N) is 2. The molecule has 0 saturated carbocycles. The first-order chi connectivity index (χ1) is 16.4. The molecular formula is C25H22N4O5. The number of carbonyl (C=O) groups excluding carboxylic acids is 1. The molecule has 172 valence electrons. The van der Waals surface area contributed by atoms with Gasteiger partial charge in [-0.3, -0.25) is 4.79 Å². The molecule has 3 N–H and O–H groups in total. The van der Waals surface area contributed by atoms with Gasteiger partial charge in [-0.25, -0.2) is 14.8 Å². The zero-order valence-electron chi connectivity index (χ0n) is 18.5. The molecule has 2 heterocycles. The van der Waals surface area contributed by atoms with Crippen molar-refractivity contribution in [1.82, 2.24) is 9.97 Å². The number of carbonyl (C=O) groups is 2. The van der Waals surface area contributed by atoms with Gasteiger partial charge in [0, 0.05) is 35.9 Å². The number of pyridine rings is 2. The van der Waals surface area contributed by atoms with Gasteiger partial charge in [0.15, 0.2) is 0 Å². The van der Waals surface area contributed by atoms with Crippen LogP contribution >= 0.6 is 0 Å². The Morgan fingerprint density at radius 3 is 2.62 bits per heavy atom. The van der Waals surface area contributed by atoms with E-state index < -0.39 is 6.16 Å². The normalized spacial score (nSPS) is 10.5. The Morgan fingerprint density at radius 2 is 1.88 bits per heavy atom. The zero-order valence-corrected chi connectivity index (χ0v) is 18.5. The van der Waals surface area contributed by atoms with Crippen LogP contribution in [0, 0.1) is 6.92 Å². The van der Waals surface area contributed by atoms with Crippen LogP contribution in [-0.4, -0.2) is 34.2 Å². The van der Waals surface area contributed by atoms with Crippen LogP contribution in [0.5, 0.6) is 11.6 Å². The first-order valence-electron chi connectivity index (χ1n) is 10.4. The van der Waals surface area contributed by atoms with Gasteiger partial charge in [-0.1, -0.05) is 18.2 Å². The van der Waals surface area contributed by atoms with Crippen LogP contribution in [0.4, 0.5) is 16.3 Å². The fourth-order valence-corrected chi connectivity index (χ4v) is 3.38. The monoisotopic (exact) mass is 458 g/mol. The number of aromatic nitrogens is 2. The lowest BCUT2D eigenvalue weighted by molar-refractivity contribution is 0.102. The maximum absolute atomic E-state index is 13.1. The van der Waals surface area contributed by atoms with Crippen molar-refractivity contribution >= 4 is 34.5 Å². The van der Waals surface area contributed by atoms with E-state index in [4.69, 9.17) is 9.84 Å². The Labute approximate surface area is 195 Å². The van der Waals surface area contributed by atoms with E-state index in [1.165, 1.54) is 12.3 Å². The van der Waals surface area contributed by atoms with Gasteiger partial charge in [0.1, 0.15) is 11.6 Å². The molecule has 2 aromatic heterocycles. The molecule has 0 bridgehead atoms. The quantitative estimate of drug-likeness (QED) is 0.335. The Morgan fingerprint density at radius 1 is 1.06 bits per heavy atom. The fraction of sp³-hybridized carbons (Fsp3) is 0.120. The van der Waals surface area contributed by atoms with Gasteiger partial charge in [-0.15, -0.1) is 0 Å². The van der Waals surface area contributed by atoms with Crippen LogP contribution in [0.15, 0.2) is 66.9 Å². The topological polar surface area (TPSA) is 123 Å². The SMILES string of the molecule is COc1ccc2cc(C)c(NC(=O)c3ccccc3NCc3ccc(OC(=O)O)nc3)nc2c1. The summed E-state index contributed by atoms with van der Waals surface area (Å²) in [6.07, 6.45) is 0.0820. The van der Waals surface area contributed by atoms with Gasteiger partial charge in [0.2, 0.25) is 5.88 Å². The van der Waals surface area contributed by atoms with E-state index in [1.807, 2.05) is 37.3 Å². The van der Waals surface area contributed by atoms with E-state index in [9.17, 15) is 9.59 Å². The predicted octanol–water partition coefficient (Wildman–Crippen LogP) is 4.87. The van der Waals surface area contributed by atoms with Gasteiger partial charge in [-0.2, -0.15) is 0 Å². The minimum absolute atomic E-state index is 0.00750. The molecule has 0 fully saturated rings. The van der Waals surface area contributed by atoms with E-state index in [0.717, 1.165) is 22.0 Å². The van der Waals surface area contributed by atoms with Crippen molar-refractivity contribution in [1.29, 1.82) is 0 Å². The number of ether oxygens (including phenoxy) is 2. The Bertz CT molecular complexity index is 1360. The van der Waals surface area contributed by atoms with Gasteiger partial charge in [0.25, 0.3) is 5.91 Å². The number of carboxylic acid groups (broad SMARTS) is 1. The molecule has 2 aromatic carbocycles. The van der Waals surface area contributed by atoms with Gasteiger partial charge in [0.05, 0.1) is 18.2 Å². The smallest absolute Gasteiger partial charge is 0.497 e. The molecule has 9 heteroatoms. The second-order valence-corrected chi connectivity index (χ2v) is 7.44. The molecule has 0 atom stereocenters. The molecule has 4 rings (SSSR count). The van der Waals surface area contributed by atoms with Crippen molar-refractivity contribution < 1.29 is 24.2 Å². The van der Waals surface area contributed by atoms with E-state index >= 15 is 0 Å². The highest BCUT2D eigenvalue weighted by molar-refractivity contribution is 6.08. The fourth-order valence-electron chi connectivity index (χ4n) is 3.38. The lowest BCUT2D eigenvalue weighted by Crippen LogP contribution is -2.16. The summed E-state index contributed by atoms with van der Waals surface area (Å²) in [5.41, 5.74) is 3.42. The average Bonchev–Trinajstić information content (AvgIpc) is 2.83. The molecule has 0 aliphatic heterocycles. The summed E-state index contributed by atoms with van der Waals surface area (Å²) in [6, 6.07) is 17.9. The minimum atomic E-state index is -1.42. The van der Waals surface area contributed by atoms with Gasteiger partial charge < -0.3 is 25.2 Å². The Balaban J connectivity index is 1.50. The number of hydrogen-bond donors (Lipinski definition) is 3. The van der Waals surface area contributed by atoms with Gasteiger partial charge in [-0.05, 0) is 48.4 Å². The summed E-state index contributed by atoms with van der Waals surface area (Å²) in [6.45, 7) is 2.26.